The lowest BCUT2D eigenvalue weighted by Crippen LogP contribution is -2.39. The highest BCUT2D eigenvalue weighted by Gasteiger charge is 2.21. The maximum absolute atomic E-state index is 13.4. The van der Waals surface area contributed by atoms with E-state index in [1.54, 1.807) is 22.8 Å². The molecule has 0 unspecified atom stereocenters. The highest BCUT2D eigenvalue weighted by Crippen LogP contribution is 2.20. The first-order valence-corrected chi connectivity index (χ1v) is 9.14. The number of piperidine rings is 1. The van der Waals surface area contributed by atoms with Crippen molar-refractivity contribution in [3.63, 3.8) is 0 Å². The molecule has 4 rings (SSSR count). The molecule has 2 aromatic carbocycles. The van der Waals surface area contributed by atoms with Gasteiger partial charge in [-0.3, -0.25) is 14.3 Å². The van der Waals surface area contributed by atoms with E-state index < -0.39 is 0 Å². The van der Waals surface area contributed by atoms with Crippen molar-refractivity contribution in [1.29, 1.82) is 0 Å². The number of para-hydroxylation sites is 1. The van der Waals surface area contributed by atoms with E-state index in [9.17, 15) is 9.18 Å². The molecule has 0 spiro atoms. The van der Waals surface area contributed by atoms with Crippen LogP contribution in [-0.2, 0) is 6.54 Å². The molecule has 1 aliphatic rings. The standard InChI is InChI=1S/C21H22FN3O/c1-15-6-4-5-13-24(15)14-20-23-19-8-3-2-7-18(19)21(26)25(20)17-11-9-16(22)10-12-17/h2-3,7-12,15H,4-6,13-14H2,1H3/t15-/m1/s1. The van der Waals surface area contributed by atoms with Crippen molar-refractivity contribution < 1.29 is 4.39 Å². The van der Waals surface area contributed by atoms with E-state index in [0.717, 1.165) is 13.0 Å². The van der Waals surface area contributed by atoms with Crippen molar-refractivity contribution in [2.75, 3.05) is 6.54 Å². The molecule has 1 atom stereocenters. The van der Waals surface area contributed by atoms with Crippen LogP contribution in [0.5, 0.6) is 0 Å². The Labute approximate surface area is 151 Å². The molecular formula is C21H22FN3O. The van der Waals surface area contributed by atoms with Crippen molar-refractivity contribution in [2.45, 2.75) is 38.8 Å². The van der Waals surface area contributed by atoms with Gasteiger partial charge in [-0.2, -0.15) is 0 Å². The van der Waals surface area contributed by atoms with Gasteiger partial charge in [0.2, 0.25) is 0 Å². The van der Waals surface area contributed by atoms with Crippen LogP contribution in [0.4, 0.5) is 4.39 Å². The smallest absolute Gasteiger partial charge is 0.266 e. The summed E-state index contributed by atoms with van der Waals surface area (Å²) in [7, 11) is 0. The quantitative estimate of drug-likeness (QED) is 0.718. The van der Waals surface area contributed by atoms with Crippen LogP contribution >= 0.6 is 0 Å². The molecule has 0 amide bonds. The Morgan fingerprint density at radius 1 is 1.12 bits per heavy atom. The van der Waals surface area contributed by atoms with Gasteiger partial charge in [0.15, 0.2) is 0 Å². The van der Waals surface area contributed by atoms with Gasteiger partial charge in [-0.15, -0.1) is 0 Å². The lowest BCUT2D eigenvalue weighted by atomic mass is 10.0. The molecule has 0 N–H and O–H groups in total. The highest BCUT2D eigenvalue weighted by molar-refractivity contribution is 5.77. The van der Waals surface area contributed by atoms with Crippen LogP contribution in [0.1, 0.15) is 32.0 Å². The molecule has 0 radical (unpaired) electrons. The molecule has 134 valence electrons. The van der Waals surface area contributed by atoms with Crippen molar-refractivity contribution in [1.82, 2.24) is 14.5 Å². The molecule has 2 heterocycles. The Morgan fingerprint density at radius 2 is 1.88 bits per heavy atom. The average molecular weight is 351 g/mol. The summed E-state index contributed by atoms with van der Waals surface area (Å²) in [4.78, 5) is 20.3. The lowest BCUT2D eigenvalue weighted by Gasteiger charge is -2.33. The number of nitrogens with zero attached hydrogens (tertiary/aromatic N) is 3. The van der Waals surface area contributed by atoms with E-state index in [0.29, 0.717) is 35.0 Å². The third-order valence-electron chi connectivity index (χ3n) is 5.22. The van der Waals surface area contributed by atoms with Crippen molar-refractivity contribution in [3.8, 4) is 5.69 Å². The second-order valence-electron chi connectivity index (χ2n) is 6.98. The molecule has 26 heavy (non-hydrogen) atoms. The Morgan fingerprint density at radius 3 is 2.65 bits per heavy atom. The predicted molar refractivity (Wildman–Crippen MR) is 101 cm³/mol. The van der Waals surface area contributed by atoms with Crippen LogP contribution in [0, 0.1) is 5.82 Å². The number of aromatic nitrogens is 2. The van der Waals surface area contributed by atoms with Gasteiger partial charge in [-0.1, -0.05) is 18.6 Å². The summed E-state index contributed by atoms with van der Waals surface area (Å²) in [5, 5.41) is 0.576. The number of halogens is 1. The minimum atomic E-state index is -0.318. The molecule has 3 aromatic rings. The zero-order valence-electron chi connectivity index (χ0n) is 14.9. The summed E-state index contributed by atoms with van der Waals surface area (Å²) in [6.07, 6.45) is 3.57. The number of fused-ring (bicyclic) bond motifs is 1. The van der Waals surface area contributed by atoms with Gasteiger partial charge in [-0.25, -0.2) is 9.37 Å². The number of hydrogen-bond donors (Lipinski definition) is 0. The first kappa shape index (κ1) is 16.9. The summed E-state index contributed by atoms with van der Waals surface area (Å²) in [6, 6.07) is 13.9. The van der Waals surface area contributed by atoms with Crippen LogP contribution < -0.4 is 5.56 Å². The summed E-state index contributed by atoms with van der Waals surface area (Å²) >= 11 is 0. The maximum Gasteiger partial charge on any atom is 0.266 e. The maximum atomic E-state index is 13.4. The minimum Gasteiger partial charge on any atom is -0.293 e. The molecule has 1 saturated heterocycles. The number of benzene rings is 2. The molecule has 1 aliphatic heterocycles. The van der Waals surface area contributed by atoms with E-state index in [-0.39, 0.29) is 11.4 Å². The molecule has 4 nitrogen and oxygen atoms in total. The number of rotatable bonds is 3. The lowest BCUT2D eigenvalue weighted by molar-refractivity contribution is 0.148. The Bertz CT molecular complexity index is 981. The Kier molecular flexibility index (Phi) is 4.55. The number of hydrogen-bond acceptors (Lipinski definition) is 3. The van der Waals surface area contributed by atoms with Crippen molar-refractivity contribution in [3.05, 3.63) is 70.5 Å². The second kappa shape index (κ2) is 7.00. The van der Waals surface area contributed by atoms with Gasteiger partial charge in [0.1, 0.15) is 11.6 Å². The normalized spacial score (nSPS) is 18.3. The minimum absolute atomic E-state index is 0.109. The van der Waals surface area contributed by atoms with Crippen LogP contribution in [0.15, 0.2) is 53.3 Å². The van der Waals surface area contributed by atoms with Crippen LogP contribution in [-0.4, -0.2) is 27.0 Å². The third-order valence-corrected chi connectivity index (χ3v) is 5.22. The molecule has 1 fully saturated rings. The van der Waals surface area contributed by atoms with Gasteiger partial charge >= 0.3 is 0 Å². The van der Waals surface area contributed by atoms with Gasteiger partial charge < -0.3 is 0 Å². The summed E-state index contributed by atoms with van der Waals surface area (Å²) in [5.74, 6) is 0.385. The Balaban J connectivity index is 1.87. The largest absolute Gasteiger partial charge is 0.293 e. The van der Waals surface area contributed by atoms with Gasteiger partial charge in [0, 0.05) is 6.04 Å². The molecule has 1 aromatic heterocycles. The zero-order chi connectivity index (χ0) is 18.1. The monoisotopic (exact) mass is 351 g/mol. The first-order chi connectivity index (χ1) is 12.6. The zero-order valence-corrected chi connectivity index (χ0v) is 14.9. The van der Waals surface area contributed by atoms with Crippen molar-refractivity contribution in [2.24, 2.45) is 0 Å². The molecule has 0 aliphatic carbocycles. The summed E-state index contributed by atoms with van der Waals surface area (Å²) < 4.78 is 15.0. The molecule has 0 bridgehead atoms. The Hall–Kier alpha value is -2.53. The van der Waals surface area contributed by atoms with E-state index >= 15 is 0 Å². The summed E-state index contributed by atoms with van der Waals surface area (Å²) in [5.41, 5.74) is 1.24. The summed E-state index contributed by atoms with van der Waals surface area (Å²) in [6.45, 7) is 3.84. The fourth-order valence-electron chi connectivity index (χ4n) is 3.72. The topological polar surface area (TPSA) is 38.1 Å². The highest BCUT2D eigenvalue weighted by atomic mass is 19.1. The third kappa shape index (κ3) is 3.15. The fraction of sp³-hybridized carbons (Fsp3) is 0.333. The van der Waals surface area contributed by atoms with E-state index in [4.69, 9.17) is 4.98 Å². The predicted octanol–water partition coefficient (Wildman–Crippen LogP) is 3.90. The van der Waals surface area contributed by atoms with Gasteiger partial charge in [0.25, 0.3) is 5.56 Å². The molecular weight excluding hydrogens is 329 g/mol. The van der Waals surface area contributed by atoms with E-state index in [1.807, 2.05) is 18.2 Å². The van der Waals surface area contributed by atoms with E-state index in [1.165, 1.54) is 25.0 Å². The second-order valence-corrected chi connectivity index (χ2v) is 6.98. The molecule has 0 saturated carbocycles. The van der Waals surface area contributed by atoms with Crippen LogP contribution in [0.3, 0.4) is 0 Å². The van der Waals surface area contributed by atoms with Gasteiger partial charge in [-0.05, 0) is 62.7 Å². The average Bonchev–Trinajstić information content (AvgIpc) is 2.65. The SMILES string of the molecule is C[C@@H]1CCCCN1Cc1nc2ccccc2c(=O)n1-c1ccc(F)cc1. The fourth-order valence-corrected chi connectivity index (χ4v) is 3.72. The van der Waals surface area contributed by atoms with Crippen LogP contribution in [0.2, 0.25) is 0 Å². The number of likely N-dealkylation sites (tertiary alicyclic amines) is 1. The van der Waals surface area contributed by atoms with Crippen LogP contribution in [0.25, 0.3) is 16.6 Å². The van der Waals surface area contributed by atoms with Gasteiger partial charge in [0.05, 0.1) is 23.1 Å². The van der Waals surface area contributed by atoms with E-state index in [2.05, 4.69) is 11.8 Å². The molecule has 5 heteroatoms. The van der Waals surface area contributed by atoms with Crippen molar-refractivity contribution >= 4 is 10.9 Å². The first-order valence-electron chi connectivity index (χ1n) is 9.14.